The summed E-state index contributed by atoms with van der Waals surface area (Å²) in [6.07, 6.45) is -0.795. The number of hydroxylamine groups is 4. The Balaban J connectivity index is 2.62. The highest BCUT2D eigenvalue weighted by atomic mass is 16.5. The Bertz CT molecular complexity index is 395. The monoisotopic (exact) mass is 288 g/mol. The van der Waals surface area contributed by atoms with Crippen LogP contribution in [0.1, 0.15) is 12.8 Å². The molecule has 1 saturated heterocycles. The molecule has 4 amide bonds. The third kappa shape index (κ3) is 3.90. The smallest absolute Gasteiger partial charge is 0.248 e. The Morgan fingerprint density at radius 2 is 1.25 bits per heavy atom. The molecule has 10 nitrogen and oxygen atoms in total. The normalized spacial score (nSPS) is 21.8. The average Bonchev–Trinajstić information content (AvgIpc) is 2.34. The van der Waals surface area contributed by atoms with Gasteiger partial charge in [0.2, 0.25) is 23.6 Å². The zero-order chi connectivity index (χ0) is 15.4. The van der Waals surface area contributed by atoms with Gasteiger partial charge in [0.25, 0.3) is 0 Å². The maximum absolute atomic E-state index is 11.7. The first-order valence-electron chi connectivity index (χ1n) is 5.74. The summed E-state index contributed by atoms with van der Waals surface area (Å²) in [6, 6.07) is -2.22. The molecule has 0 spiro atoms. The van der Waals surface area contributed by atoms with Crippen LogP contribution in [0.4, 0.5) is 0 Å². The van der Waals surface area contributed by atoms with Crippen LogP contribution in [-0.4, -0.2) is 70.3 Å². The number of nitrogens with one attached hydrogen (secondary N) is 2. The van der Waals surface area contributed by atoms with Crippen LogP contribution >= 0.6 is 0 Å². The molecular formula is C10H16N4O6. The van der Waals surface area contributed by atoms with Gasteiger partial charge in [-0.25, -0.2) is 10.1 Å². The van der Waals surface area contributed by atoms with E-state index in [2.05, 4.69) is 10.6 Å². The highest BCUT2D eigenvalue weighted by Crippen LogP contribution is 2.06. The van der Waals surface area contributed by atoms with Crippen molar-refractivity contribution in [3.05, 3.63) is 0 Å². The van der Waals surface area contributed by atoms with E-state index in [0.717, 1.165) is 14.1 Å². The first-order chi connectivity index (χ1) is 9.22. The second kappa shape index (κ2) is 6.30. The summed E-state index contributed by atoms with van der Waals surface area (Å²) in [4.78, 5) is 45.9. The number of hydrogen-bond donors (Lipinski definition) is 4. The van der Waals surface area contributed by atoms with Gasteiger partial charge < -0.3 is 10.6 Å². The van der Waals surface area contributed by atoms with Gasteiger partial charge in [-0.15, -0.1) is 0 Å². The molecule has 0 aromatic carbocycles. The minimum absolute atomic E-state index is 0.315. The van der Waals surface area contributed by atoms with Crippen molar-refractivity contribution in [2.45, 2.75) is 24.9 Å². The molecule has 0 aromatic heterocycles. The van der Waals surface area contributed by atoms with E-state index in [4.69, 9.17) is 10.4 Å². The molecule has 1 aliphatic heterocycles. The summed E-state index contributed by atoms with van der Waals surface area (Å²) in [5.74, 6) is -2.76. The topological polar surface area (TPSA) is 139 Å². The fourth-order valence-corrected chi connectivity index (χ4v) is 1.58. The highest BCUT2D eigenvalue weighted by molar-refractivity contribution is 6.00. The van der Waals surface area contributed by atoms with Crippen LogP contribution in [0.2, 0.25) is 0 Å². The highest BCUT2D eigenvalue weighted by Gasteiger charge is 2.36. The molecule has 4 N–H and O–H groups in total. The molecule has 10 heteroatoms. The summed E-state index contributed by atoms with van der Waals surface area (Å²) in [7, 11) is 2.20. The fraction of sp³-hybridized carbons (Fsp3) is 0.600. The van der Waals surface area contributed by atoms with Crippen molar-refractivity contribution in [2.75, 3.05) is 14.1 Å². The lowest BCUT2D eigenvalue weighted by Gasteiger charge is -2.29. The van der Waals surface area contributed by atoms with E-state index < -0.39 is 48.6 Å². The quantitative estimate of drug-likeness (QED) is 0.331. The number of rotatable bonds is 4. The molecular weight excluding hydrogens is 272 g/mol. The van der Waals surface area contributed by atoms with E-state index in [-0.39, 0.29) is 0 Å². The van der Waals surface area contributed by atoms with Crippen LogP contribution in [0.3, 0.4) is 0 Å². The van der Waals surface area contributed by atoms with Crippen LogP contribution < -0.4 is 10.6 Å². The number of hydrogen-bond acceptors (Lipinski definition) is 6. The van der Waals surface area contributed by atoms with Gasteiger partial charge in [0, 0.05) is 14.1 Å². The molecule has 1 aliphatic rings. The third-order valence-electron chi connectivity index (χ3n) is 2.75. The molecule has 1 rings (SSSR count). The summed E-state index contributed by atoms with van der Waals surface area (Å²) < 4.78 is 0. The number of nitrogens with zero attached hydrogens (tertiary/aromatic N) is 2. The predicted molar refractivity (Wildman–Crippen MR) is 62.2 cm³/mol. The Labute approximate surface area is 114 Å². The minimum Gasteiger partial charge on any atom is -0.342 e. The molecule has 112 valence electrons. The third-order valence-corrected chi connectivity index (χ3v) is 2.75. The van der Waals surface area contributed by atoms with Crippen LogP contribution in [0.5, 0.6) is 0 Å². The largest absolute Gasteiger partial charge is 0.342 e. The second-order valence-corrected chi connectivity index (χ2v) is 4.37. The van der Waals surface area contributed by atoms with Gasteiger partial charge >= 0.3 is 0 Å². The minimum atomic E-state index is -1.11. The Hall–Kier alpha value is -2.20. The van der Waals surface area contributed by atoms with Gasteiger partial charge in [-0.3, -0.25) is 29.6 Å². The SMILES string of the molecule is CN(O)C(=O)CC1NC(=O)C(CC(=O)N(C)O)NC1=O. The van der Waals surface area contributed by atoms with E-state index in [1.165, 1.54) is 0 Å². The molecule has 1 heterocycles. The van der Waals surface area contributed by atoms with Crippen molar-refractivity contribution in [2.24, 2.45) is 0 Å². The van der Waals surface area contributed by atoms with E-state index in [1.54, 1.807) is 0 Å². The molecule has 1 fully saturated rings. The molecule has 0 radical (unpaired) electrons. The van der Waals surface area contributed by atoms with Gasteiger partial charge in [0.05, 0.1) is 12.8 Å². The summed E-state index contributed by atoms with van der Waals surface area (Å²) in [6.45, 7) is 0. The maximum atomic E-state index is 11.7. The summed E-state index contributed by atoms with van der Waals surface area (Å²) >= 11 is 0. The lowest BCUT2D eigenvalue weighted by atomic mass is 10.0. The number of carbonyl (C=O) groups excluding carboxylic acids is 4. The first-order valence-corrected chi connectivity index (χ1v) is 5.74. The number of amides is 4. The van der Waals surface area contributed by atoms with Gasteiger partial charge in [0.1, 0.15) is 12.1 Å². The average molecular weight is 288 g/mol. The molecule has 0 aromatic rings. The maximum Gasteiger partial charge on any atom is 0.248 e. The van der Waals surface area contributed by atoms with Crippen LogP contribution in [0, 0.1) is 0 Å². The first kappa shape index (κ1) is 15.9. The van der Waals surface area contributed by atoms with Crippen molar-refractivity contribution < 1.29 is 29.6 Å². The van der Waals surface area contributed by atoms with E-state index >= 15 is 0 Å². The van der Waals surface area contributed by atoms with Crippen LogP contribution in [0.15, 0.2) is 0 Å². The molecule has 0 saturated carbocycles. The van der Waals surface area contributed by atoms with Gasteiger partial charge in [-0.2, -0.15) is 0 Å². The van der Waals surface area contributed by atoms with Gasteiger partial charge in [0.15, 0.2) is 0 Å². The fourth-order valence-electron chi connectivity index (χ4n) is 1.58. The number of piperazine rings is 1. The zero-order valence-corrected chi connectivity index (χ0v) is 11.0. The zero-order valence-electron chi connectivity index (χ0n) is 11.0. The number of carbonyl (C=O) groups is 4. The van der Waals surface area contributed by atoms with Crippen molar-refractivity contribution in [3.63, 3.8) is 0 Å². The second-order valence-electron chi connectivity index (χ2n) is 4.37. The van der Waals surface area contributed by atoms with Crippen molar-refractivity contribution in [1.29, 1.82) is 0 Å². The molecule has 2 atom stereocenters. The molecule has 2 unspecified atom stereocenters. The van der Waals surface area contributed by atoms with E-state index in [1.807, 2.05) is 0 Å². The van der Waals surface area contributed by atoms with E-state index in [0.29, 0.717) is 10.1 Å². The molecule has 20 heavy (non-hydrogen) atoms. The van der Waals surface area contributed by atoms with Gasteiger partial charge in [-0.1, -0.05) is 0 Å². The van der Waals surface area contributed by atoms with Gasteiger partial charge in [-0.05, 0) is 0 Å². The molecule has 0 bridgehead atoms. The van der Waals surface area contributed by atoms with Crippen molar-refractivity contribution >= 4 is 23.6 Å². The summed E-state index contributed by atoms with van der Waals surface area (Å²) in [5, 5.41) is 23.0. The Kier molecular flexibility index (Phi) is 5.00. The van der Waals surface area contributed by atoms with Crippen LogP contribution in [0.25, 0.3) is 0 Å². The predicted octanol–water partition coefficient (Wildman–Crippen LogP) is -2.55. The van der Waals surface area contributed by atoms with Crippen LogP contribution in [-0.2, 0) is 19.2 Å². The Morgan fingerprint density at radius 3 is 1.50 bits per heavy atom. The lowest BCUT2D eigenvalue weighted by molar-refractivity contribution is -0.163. The standard InChI is InChI=1S/C10H16N4O6/c1-13(19)7(15)3-5-9(17)12-6(10(18)11-5)4-8(16)14(2)20/h5-6,19-20H,3-4H2,1-2H3,(H,11,18)(H,12,17). The Morgan fingerprint density at radius 1 is 0.950 bits per heavy atom. The lowest BCUT2D eigenvalue weighted by Crippen LogP contribution is -2.63. The van der Waals surface area contributed by atoms with Crippen molar-refractivity contribution in [1.82, 2.24) is 20.8 Å². The summed E-state index contributed by atoms with van der Waals surface area (Å²) in [5.41, 5.74) is 0. The van der Waals surface area contributed by atoms with E-state index in [9.17, 15) is 19.2 Å². The van der Waals surface area contributed by atoms with Crippen molar-refractivity contribution in [3.8, 4) is 0 Å². The molecule has 0 aliphatic carbocycles.